The minimum atomic E-state index is -0.869. The molecule has 0 amide bonds. The fraction of sp³-hybridized carbons (Fsp3) is 0.667. The minimum absolute atomic E-state index is 0.00422. The third kappa shape index (κ3) is 6.17. The number of carboxylic acids is 1. The lowest BCUT2D eigenvalue weighted by Gasteiger charge is -2.21. The average molecular weight is 282 g/mol. The summed E-state index contributed by atoms with van der Waals surface area (Å²) in [5.41, 5.74) is -0.177. The molecule has 0 aliphatic rings. The Bertz CT molecular complexity index is 458. The van der Waals surface area contributed by atoms with Crippen LogP contribution in [0.3, 0.4) is 0 Å². The van der Waals surface area contributed by atoms with Crippen LogP contribution in [0.1, 0.15) is 34.1 Å². The maximum Gasteiger partial charge on any atom is 0.305 e. The number of hydrogen-bond donors (Lipinski definition) is 4. The molecular weight excluding hydrogens is 260 g/mol. The van der Waals surface area contributed by atoms with Gasteiger partial charge in [-0.05, 0) is 27.7 Å². The Kier molecular flexibility index (Phi) is 5.48. The monoisotopic (exact) mass is 282 g/mol. The van der Waals surface area contributed by atoms with Crippen LogP contribution in [-0.4, -0.2) is 44.7 Å². The van der Waals surface area contributed by atoms with E-state index in [4.69, 9.17) is 5.11 Å². The highest BCUT2D eigenvalue weighted by molar-refractivity contribution is 5.67. The Labute approximate surface area is 118 Å². The van der Waals surface area contributed by atoms with Crippen LogP contribution in [0.5, 0.6) is 0 Å². The number of anilines is 3. The van der Waals surface area contributed by atoms with Crippen LogP contribution in [0.2, 0.25) is 0 Å². The number of nitrogens with zero attached hydrogens (tertiary/aromatic N) is 3. The lowest BCUT2D eigenvalue weighted by Crippen LogP contribution is -2.28. The zero-order valence-electron chi connectivity index (χ0n) is 12.3. The van der Waals surface area contributed by atoms with Crippen molar-refractivity contribution in [1.29, 1.82) is 0 Å². The van der Waals surface area contributed by atoms with E-state index in [0.717, 1.165) is 0 Å². The van der Waals surface area contributed by atoms with Gasteiger partial charge in [0.15, 0.2) is 0 Å². The highest BCUT2D eigenvalue weighted by Crippen LogP contribution is 2.14. The number of aliphatic carboxylic acids is 1. The maximum atomic E-state index is 10.5. The van der Waals surface area contributed by atoms with Gasteiger partial charge in [0, 0.05) is 18.6 Å². The Morgan fingerprint density at radius 2 is 1.65 bits per heavy atom. The molecule has 0 aliphatic carbocycles. The fourth-order valence-corrected chi connectivity index (χ4v) is 1.36. The molecule has 8 heteroatoms. The molecule has 0 aliphatic heterocycles. The summed E-state index contributed by atoms with van der Waals surface area (Å²) in [5.74, 6) is 0.379. The Morgan fingerprint density at radius 1 is 1.10 bits per heavy atom. The number of hydrogen-bond acceptors (Lipinski definition) is 7. The SMILES string of the molecule is CCNc1nc(NCCC(=O)O)nc(NC(C)(C)C)n1. The molecule has 0 radical (unpaired) electrons. The van der Waals surface area contributed by atoms with Gasteiger partial charge in [-0.15, -0.1) is 0 Å². The molecule has 0 saturated heterocycles. The van der Waals surface area contributed by atoms with Gasteiger partial charge >= 0.3 is 5.97 Å². The molecule has 112 valence electrons. The molecule has 1 heterocycles. The molecule has 0 bridgehead atoms. The standard InChI is InChI=1S/C12H22N6O2/c1-5-13-9-15-10(14-7-6-8(19)20)17-11(16-9)18-12(2,3)4/h5-7H2,1-4H3,(H,19,20)(H3,13,14,15,16,17,18). The largest absolute Gasteiger partial charge is 0.481 e. The zero-order valence-corrected chi connectivity index (χ0v) is 12.3. The summed E-state index contributed by atoms with van der Waals surface area (Å²) in [6.45, 7) is 8.90. The van der Waals surface area contributed by atoms with E-state index in [1.54, 1.807) is 0 Å². The second-order valence-electron chi connectivity index (χ2n) is 5.28. The molecule has 0 fully saturated rings. The van der Waals surface area contributed by atoms with Crippen LogP contribution in [-0.2, 0) is 4.79 Å². The summed E-state index contributed by atoms with van der Waals surface area (Å²) in [6, 6.07) is 0. The molecule has 0 unspecified atom stereocenters. The molecule has 4 N–H and O–H groups in total. The molecule has 1 aromatic heterocycles. The van der Waals surface area contributed by atoms with E-state index in [1.807, 2.05) is 27.7 Å². The number of carboxylic acid groups (broad SMARTS) is 1. The molecule has 0 saturated carbocycles. The highest BCUT2D eigenvalue weighted by Gasteiger charge is 2.13. The van der Waals surface area contributed by atoms with Crippen LogP contribution in [0, 0.1) is 0 Å². The predicted molar refractivity (Wildman–Crippen MR) is 78.1 cm³/mol. The third-order valence-electron chi connectivity index (χ3n) is 2.08. The van der Waals surface area contributed by atoms with Crippen molar-refractivity contribution in [3.63, 3.8) is 0 Å². The Morgan fingerprint density at radius 3 is 2.15 bits per heavy atom. The van der Waals surface area contributed by atoms with Crippen LogP contribution in [0.4, 0.5) is 17.8 Å². The van der Waals surface area contributed by atoms with E-state index in [9.17, 15) is 4.79 Å². The van der Waals surface area contributed by atoms with Gasteiger partial charge in [-0.25, -0.2) is 0 Å². The number of carbonyl (C=O) groups is 1. The van der Waals surface area contributed by atoms with E-state index >= 15 is 0 Å². The fourth-order valence-electron chi connectivity index (χ4n) is 1.36. The van der Waals surface area contributed by atoms with Crippen molar-refractivity contribution in [2.24, 2.45) is 0 Å². The van der Waals surface area contributed by atoms with Gasteiger partial charge in [-0.1, -0.05) is 0 Å². The van der Waals surface area contributed by atoms with Crippen molar-refractivity contribution in [3.8, 4) is 0 Å². The summed E-state index contributed by atoms with van der Waals surface area (Å²) >= 11 is 0. The zero-order chi connectivity index (χ0) is 15.2. The van der Waals surface area contributed by atoms with Crippen molar-refractivity contribution in [3.05, 3.63) is 0 Å². The summed E-state index contributed by atoms with van der Waals surface area (Å²) in [4.78, 5) is 23.1. The summed E-state index contributed by atoms with van der Waals surface area (Å²) in [6.07, 6.45) is 0.00422. The molecule has 8 nitrogen and oxygen atoms in total. The van der Waals surface area contributed by atoms with E-state index < -0.39 is 5.97 Å². The Balaban J connectivity index is 2.83. The van der Waals surface area contributed by atoms with Gasteiger partial charge in [0.2, 0.25) is 17.8 Å². The normalized spacial score (nSPS) is 11.0. The van der Waals surface area contributed by atoms with E-state index in [1.165, 1.54) is 0 Å². The first-order valence-electron chi connectivity index (χ1n) is 6.54. The molecule has 0 aromatic carbocycles. The first-order chi connectivity index (χ1) is 9.30. The van der Waals surface area contributed by atoms with E-state index in [2.05, 4.69) is 30.9 Å². The lowest BCUT2D eigenvalue weighted by atomic mass is 10.1. The number of aromatic nitrogens is 3. The summed E-state index contributed by atoms with van der Waals surface area (Å²) < 4.78 is 0. The molecular formula is C12H22N6O2. The van der Waals surface area contributed by atoms with Crippen LogP contribution in [0.15, 0.2) is 0 Å². The second kappa shape index (κ2) is 6.88. The molecule has 20 heavy (non-hydrogen) atoms. The van der Waals surface area contributed by atoms with E-state index in [0.29, 0.717) is 24.4 Å². The predicted octanol–water partition coefficient (Wildman–Crippen LogP) is 1.40. The third-order valence-corrected chi connectivity index (χ3v) is 2.08. The first kappa shape index (κ1) is 15.9. The Hall–Kier alpha value is -2.12. The van der Waals surface area contributed by atoms with Gasteiger partial charge in [-0.2, -0.15) is 15.0 Å². The number of rotatable bonds is 7. The maximum absolute atomic E-state index is 10.5. The highest BCUT2D eigenvalue weighted by atomic mass is 16.4. The van der Waals surface area contributed by atoms with Gasteiger partial charge in [0.1, 0.15) is 0 Å². The summed E-state index contributed by atoms with van der Waals surface area (Å²) in [7, 11) is 0. The van der Waals surface area contributed by atoms with Crippen molar-refractivity contribution in [2.75, 3.05) is 29.0 Å². The van der Waals surface area contributed by atoms with Crippen LogP contribution < -0.4 is 16.0 Å². The molecule has 1 aromatic rings. The topological polar surface area (TPSA) is 112 Å². The van der Waals surface area contributed by atoms with Gasteiger partial charge in [0.05, 0.1) is 6.42 Å². The molecule has 0 spiro atoms. The van der Waals surface area contributed by atoms with Gasteiger partial charge in [0.25, 0.3) is 0 Å². The first-order valence-corrected chi connectivity index (χ1v) is 6.54. The van der Waals surface area contributed by atoms with Crippen molar-refractivity contribution >= 4 is 23.8 Å². The quantitative estimate of drug-likeness (QED) is 0.593. The van der Waals surface area contributed by atoms with Crippen molar-refractivity contribution < 1.29 is 9.90 Å². The van der Waals surface area contributed by atoms with E-state index in [-0.39, 0.29) is 18.5 Å². The van der Waals surface area contributed by atoms with Gasteiger partial charge < -0.3 is 21.1 Å². The van der Waals surface area contributed by atoms with Crippen molar-refractivity contribution in [2.45, 2.75) is 39.7 Å². The van der Waals surface area contributed by atoms with Gasteiger partial charge in [-0.3, -0.25) is 4.79 Å². The average Bonchev–Trinajstić information content (AvgIpc) is 2.26. The minimum Gasteiger partial charge on any atom is -0.481 e. The second-order valence-corrected chi connectivity index (χ2v) is 5.28. The molecule has 1 rings (SSSR count). The molecule has 0 atom stereocenters. The lowest BCUT2D eigenvalue weighted by molar-refractivity contribution is -0.136. The van der Waals surface area contributed by atoms with Crippen LogP contribution in [0.25, 0.3) is 0 Å². The summed E-state index contributed by atoms with van der Waals surface area (Å²) in [5, 5.41) is 17.7. The van der Waals surface area contributed by atoms with Crippen LogP contribution >= 0.6 is 0 Å². The number of nitrogens with one attached hydrogen (secondary N) is 3. The smallest absolute Gasteiger partial charge is 0.305 e. The van der Waals surface area contributed by atoms with Crippen molar-refractivity contribution in [1.82, 2.24) is 15.0 Å².